The highest BCUT2D eigenvalue weighted by molar-refractivity contribution is 6.37. The van der Waals surface area contributed by atoms with Crippen LogP contribution in [0.1, 0.15) is 20.9 Å². The van der Waals surface area contributed by atoms with Crippen LogP contribution in [0.15, 0.2) is 83.3 Å². The van der Waals surface area contributed by atoms with Crippen molar-refractivity contribution in [3.05, 3.63) is 110 Å². The van der Waals surface area contributed by atoms with Crippen LogP contribution in [0.3, 0.4) is 0 Å². The van der Waals surface area contributed by atoms with Crippen LogP contribution in [0, 0.1) is 10.1 Å². The molecule has 0 aliphatic carbocycles. The summed E-state index contributed by atoms with van der Waals surface area (Å²) in [5.74, 6) is -0.488. The molecule has 1 heterocycles. The van der Waals surface area contributed by atoms with Gasteiger partial charge in [0.05, 0.1) is 15.5 Å². The molecule has 10 heteroatoms. The number of hydrogen-bond acceptors (Lipinski definition) is 5. The molecule has 0 saturated heterocycles. The van der Waals surface area contributed by atoms with Gasteiger partial charge in [0.25, 0.3) is 17.5 Å². The quantitative estimate of drug-likeness (QED) is 0.229. The van der Waals surface area contributed by atoms with Crippen molar-refractivity contribution >= 4 is 52.1 Å². The number of furan rings is 1. The third kappa shape index (κ3) is 5.25. The largest absolute Gasteiger partial charge is 0.451 e. The zero-order valence-corrected chi connectivity index (χ0v) is 18.8. The molecule has 3 aromatic carbocycles. The summed E-state index contributed by atoms with van der Waals surface area (Å²) in [4.78, 5) is 35.4. The Labute approximate surface area is 203 Å². The summed E-state index contributed by atoms with van der Waals surface area (Å²) in [6.45, 7) is 0. The molecular weight excluding hydrogens is 481 g/mol. The monoisotopic (exact) mass is 495 g/mol. The molecule has 170 valence electrons. The maximum atomic E-state index is 12.6. The van der Waals surface area contributed by atoms with E-state index in [1.165, 1.54) is 42.5 Å². The van der Waals surface area contributed by atoms with E-state index >= 15 is 0 Å². The van der Waals surface area contributed by atoms with Gasteiger partial charge in [-0.2, -0.15) is 0 Å². The van der Waals surface area contributed by atoms with Gasteiger partial charge in [-0.1, -0.05) is 29.3 Å². The van der Waals surface area contributed by atoms with E-state index in [0.29, 0.717) is 27.7 Å². The van der Waals surface area contributed by atoms with Gasteiger partial charge in [0.1, 0.15) is 5.76 Å². The molecule has 0 spiro atoms. The molecule has 4 rings (SSSR count). The maximum absolute atomic E-state index is 12.6. The summed E-state index contributed by atoms with van der Waals surface area (Å²) in [5, 5.41) is 16.9. The van der Waals surface area contributed by atoms with E-state index in [4.69, 9.17) is 27.6 Å². The summed E-state index contributed by atoms with van der Waals surface area (Å²) in [5.41, 5.74) is 1.68. The summed E-state index contributed by atoms with van der Waals surface area (Å²) >= 11 is 12.0. The molecule has 0 fully saturated rings. The number of nitrogens with one attached hydrogen (secondary N) is 2. The van der Waals surface area contributed by atoms with Crippen LogP contribution < -0.4 is 10.6 Å². The minimum absolute atomic E-state index is 0.0430. The molecule has 2 amide bonds. The van der Waals surface area contributed by atoms with Crippen LogP contribution in [-0.2, 0) is 0 Å². The molecule has 0 radical (unpaired) electrons. The number of nitro benzene ring substituents is 1. The second-order valence-corrected chi connectivity index (χ2v) is 7.92. The molecule has 34 heavy (non-hydrogen) atoms. The van der Waals surface area contributed by atoms with Gasteiger partial charge in [-0.15, -0.1) is 0 Å². The van der Waals surface area contributed by atoms with Gasteiger partial charge in [0, 0.05) is 34.1 Å². The van der Waals surface area contributed by atoms with E-state index in [-0.39, 0.29) is 22.0 Å². The number of anilines is 2. The summed E-state index contributed by atoms with van der Waals surface area (Å²) in [6.07, 6.45) is 0. The number of rotatable bonds is 6. The van der Waals surface area contributed by atoms with Crippen LogP contribution in [0.2, 0.25) is 10.0 Å². The first-order valence-electron chi connectivity index (χ1n) is 9.82. The summed E-state index contributed by atoms with van der Waals surface area (Å²) < 4.78 is 5.60. The molecule has 0 unspecified atom stereocenters. The predicted octanol–water partition coefficient (Wildman–Crippen LogP) is 6.67. The van der Waals surface area contributed by atoms with E-state index in [1.54, 1.807) is 36.4 Å². The van der Waals surface area contributed by atoms with Crippen molar-refractivity contribution in [1.82, 2.24) is 0 Å². The Balaban J connectivity index is 1.44. The van der Waals surface area contributed by atoms with Crippen molar-refractivity contribution in [2.75, 3.05) is 10.6 Å². The van der Waals surface area contributed by atoms with Gasteiger partial charge >= 0.3 is 0 Å². The van der Waals surface area contributed by atoms with E-state index in [0.717, 1.165) is 0 Å². The van der Waals surface area contributed by atoms with Crippen molar-refractivity contribution < 1.29 is 18.9 Å². The number of nitro groups is 1. The molecule has 0 saturated carbocycles. The lowest BCUT2D eigenvalue weighted by molar-refractivity contribution is -0.384. The Kier molecular flexibility index (Phi) is 6.62. The highest BCUT2D eigenvalue weighted by atomic mass is 35.5. The Hall–Kier alpha value is -4.14. The van der Waals surface area contributed by atoms with Crippen molar-refractivity contribution in [2.45, 2.75) is 0 Å². The summed E-state index contributed by atoms with van der Waals surface area (Å²) in [7, 11) is 0. The number of amides is 2. The van der Waals surface area contributed by atoms with Gasteiger partial charge < -0.3 is 15.1 Å². The smallest absolute Gasteiger partial charge is 0.291 e. The maximum Gasteiger partial charge on any atom is 0.291 e. The van der Waals surface area contributed by atoms with Gasteiger partial charge in [0.15, 0.2) is 5.76 Å². The van der Waals surface area contributed by atoms with Crippen LogP contribution in [0.5, 0.6) is 0 Å². The van der Waals surface area contributed by atoms with Crippen molar-refractivity contribution in [3.8, 4) is 11.3 Å². The number of non-ortho nitro benzene ring substituents is 1. The second kappa shape index (κ2) is 9.78. The zero-order valence-electron chi connectivity index (χ0n) is 17.2. The van der Waals surface area contributed by atoms with E-state index in [9.17, 15) is 19.7 Å². The Morgan fingerprint density at radius 2 is 1.50 bits per heavy atom. The van der Waals surface area contributed by atoms with Crippen LogP contribution >= 0.6 is 23.2 Å². The van der Waals surface area contributed by atoms with E-state index in [1.807, 2.05) is 0 Å². The molecule has 4 aromatic rings. The standard InChI is InChI=1S/C24H15Cl2N3O5/c25-15-6-9-19(20(26)12-15)23(30)27-16-2-1-3-17(13-16)28-24(31)22-11-10-21(34-22)14-4-7-18(8-5-14)29(32)33/h1-13H,(H,27,30)(H,28,31). The second-order valence-electron chi connectivity index (χ2n) is 7.08. The number of nitrogens with zero attached hydrogens (tertiary/aromatic N) is 1. The first-order valence-corrected chi connectivity index (χ1v) is 10.6. The fourth-order valence-corrected chi connectivity index (χ4v) is 3.60. The van der Waals surface area contributed by atoms with Crippen LogP contribution in [-0.4, -0.2) is 16.7 Å². The SMILES string of the molecule is O=C(Nc1cccc(NC(=O)c2ccc(Cl)cc2Cl)c1)c1ccc(-c2ccc([N+](=O)[O-])cc2)o1. The predicted molar refractivity (Wildman–Crippen MR) is 130 cm³/mol. The lowest BCUT2D eigenvalue weighted by atomic mass is 10.1. The van der Waals surface area contributed by atoms with Crippen LogP contribution in [0.4, 0.5) is 17.1 Å². The molecule has 1 aromatic heterocycles. The van der Waals surface area contributed by atoms with Gasteiger partial charge in [-0.25, -0.2) is 0 Å². The number of halogens is 2. The number of carbonyl (C=O) groups is 2. The molecule has 0 bridgehead atoms. The average molecular weight is 496 g/mol. The Morgan fingerprint density at radius 1 is 0.824 bits per heavy atom. The lowest BCUT2D eigenvalue weighted by Gasteiger charge is -2.09. The average Bonchev–Trinajstić information content (AvgIpc) is 3.30. The highest BCUT2D eigenvalue weighted by Crippen LogP contribution is 2.26. The molecule has 0 atom stereocenters. The van der Waals surface area contributed by atoms with Gasteiger partial charge in [-0.3, -0.25) is 19.7 Å². The third-order valence-electron chi connectivity index (χ3n) is 4.75. The topological polar surface area (TPSA) is 114 Å². The first-order chi connectivity index (χ1) is 16.3. The van der Waals surface area contributed by atoms with Gasteiger partial charge in [0.2, 0.25) is 0 Å². The molecule has 0 aliphatic rings. The van der Waals surface area contributed by atoms with Gasteiger partial charge in [-0.05, 0) is 60.7 Å². The fraction of sp³-hybridized carbons (Fsp3) is 0. The van der Waals surface area contributed by atoms with Crippen molar-refractivity contribution in [2.24, 2.45) is 0 Å². The minimum Gasteiger partial charge on any atom is -0.451 e. The number of hydrogen-bond donors (Lipinski definition) is 2. The molecule has 0 aliphatic heterocycles. The Bertz CT molecular complexity index is 1400. The van der Waals surface area contributed by atoms with Crippen molar-refractivity contribution in [3.63, 3.8) is 0 Å². The normalized spacial score (nSPS) is 10.5. The van der Waals surface area contributed by atoms with Crippen molar-refractivity contribution in [1.29, 1.82) is 0 Å². The minimum atomic E-state index is -0.502. The lowest BCUT2D eigenvalue weighted by Crippen LogP contribution is -2.14. The third-order valence-corrected chi connectivity index (χ3v) is 5.29. The first kappa shape index (κ1) is 23.0. The Morgan fingerprint density at radius 3 is 2.15 bits per heavy atom. The highest BCUT2D eigenvalue weighted by Gasteiger charge is 2.15. The number of benzene rings is 3. The zero-order chi connectivity index (χ0) is 24.2. The molecule has 2 N–H and O–H groups in total. The van der Waals surface area contributed by atoms with E-state index in [2.05, 4.69) is 10.6 Å². The van der Waals surface area contributed by atoms with E-state index < -0.39 is 16.7 Å². The number of carbonyl (C=O) groups excluding carboxylic acids is 2. The molecular formula is C24H15Cl2N3O5. The molecule has 8 nitrogen and oxygen atoms in total. The fourth-order valence-electron chi connectivity index (χ4n) is 3.10. The van der Waals surface area contributed by atoms with Crippen LogP contribution in [0.25, 0.3) is 11.3 Å². The summed E-state index contributed by atoms with van der Waals surface area (Å²) in [6, 6.07) is 20.0.